The molecule has 136 valence electrons. The van der Waals surface area contributed by atoms with Crippen molar-refractivity contribution in [2.75, 3.05) is 6.54 Å². The van der Waals surface area contributed by atoms with Gasteiger partial charge in [-0.15, -0.1) is 0 Å². The number of nitrogens with zero attached hydrogens (tertiary/aromatic N) is 3. The summed E-state index contributed by atoms with van der Waals surface area (Å²) in [6.45, 7) is 1.06. The number of urea groups is 1. The van der Waals surface area contributed by atoms with Crippen molar-refractivity contribution in [3.8, 4) is 0 Å². The van der Waals surface area contributed by atoms with Crippen molar-refractivity contribution in [3.63, 3.8) is 0 Å². The molecule has 3 rings (SSSR count). The van der Waals surface area contributed by atoms with E-state index in [-0.39, 0.29) is 18.9 Å². The average molecular weight is 376 g/mol. The molecule has 0 bridgehead atoms. The second-order valence-electron chi connectivity index (χ2n) is 5.87. The molecule has 0 spiro atoms. The number of carbonyl (C=O) groups excluding carboxylic acids is 3. The van der Waals surface area contributed by atoms with E-state index in [1.807, 2.05) is 4.57 Å². The maximum atomic E-state index is 12.4. The summed E-state index contributed by atoms with van der Waals surface area (Å²) in [5.74, 6) is -0.733. The monoisotopic (exact) mass is 375 g/mol. The number of aromatic nitrogens is 2. The first kappa shape index (κ1) is 17.9. The SMILES string of the molecule is O=C(C[C@@H]1NC(=O)N(Cc2ccccc2Cl)C1=O)NCCn1ccnc1. The normalized spacial score (nSPS) is 16.7. The summed E-state index contributed by atoms with van der Waals surface area (Å²) in [5.41, 5.74) is 0.670. The van der Waals surface area contributed by atoms with E-state index < -0.39 is 18.0 Å². The number of nitrogens with one attached hydrogen (secondary N) is 2. The van der Waals surface area contributed by atoms with Crippen LogP contribution in [0, 0.1) is 0 Å². The fraction of sp³-hybridized carbons (Fsp3) is 0.294. The lowest BCUT2D eigenvalue weighted by molar-refractivity contribution is -0.131. The van der Waals surface area contributed by atoms with Gasteiger partial charge in [-0.05, 0) is 11.6 Å². The first-order valence-electron chi connectivity index (χ1n) is 8.12. The molecule has 1 aromatic carbocycles. The third kappa shape index (κ3) is 4.20. The smallest absolute Gasteiger partial charge is 0.325 e. The number of halogens is 1. The molecule has 1 fully saturated rings. The van der Waals surface area contributed by atoms with Crippen LogP contribution >= 0.6 is 11.6 Å². The van der Waals surface area contributed by atoms with Crippen LogP contribution in [0.15, 0.2) is 43.0 Å². The molecule has 1 aliphatic heterocycles. The molecule has 0 radical (unpaired) electrons. The molecule has 4 amide bonds. The van der Waals surface area contributed by atoms with Gasteiger partial charge in [-0.2, -0.15) is 0 Å². The molecule has 1 saturated heterocycles. The standard InChI is InChI=1S/C17H18ClN5O3/c18-13-4-2-1-3-12(13)10-23-16(25)14(21-17(23)26)9-15(24)20-6-8-22-7-5-19-11-22/h1-5,7,11,14H,6,8-10H2,(H,20,24)(H,21,26)/t14-/m0/s1. The van der Waals surface area contributed by atoms with E-state index in [0.29, 0.717) is 23.7 Å². The number of imidazole rings is 1. The topological polar surface area (TPSA) is 96.3 Å². The van der Waals surface area contributed by atoms with Gasteiger partial charge in [0.25, 0.3) is 5.91 Å². The molecule has 2 aromatic rings. The zero-order valence-electron chi connectivity index (χ0n) is 13.9. The van der Waals surface area contributed by atoms with Gasteiger partial charge in [0, 0.05) is 30.5 Å². The summed E-state index contributed by atoms with van der Waals surface area (Å²) in [7, 11) is 0. The van der Waals surface area contributed by atoms with Crippen molar-refractivity contribution in [2.45, 2.75) is 25.6 Å². The van der Waals surface area contributed by atoms with Crippen LogP contribution in [-0.4, -0.2) is 44.9 Å². The van der Waals surface area contributed by atoms with Crippen LogP contribution in [0.3, 0.4) is 0 Å². The summed E-state index contributed by atoms with van der Waals surface area (Å²) in [4.78, 5) is 41.5. The van der Waals surface area contributed by atoms with E-state index >= 15 is 0 Å². The molecular formula is C17H18ClN5O3. The van der Waals surface area contributed by atoms with E-state index in [1.54, 1.807) is 43.0 Å². The van der Waals surface area contributed by atoms with Gasteiger partial charge in [-0.1, -0.05) is 29.8 Å². The Balaban J connectivity index is 1.51. The molecule has 9 heteroatoms. The Bertz CT molecular complexity index is 808. The molecule has 2 heterocycles. The average Bonchev–Trinajstić information content (AvgIpc) is 3.21. The second kappa shape index (κ2) is 8.01. The number of imide groups is 1. The highest BCUT2D eigenvalue weighted by atomic mass is 35.5. The Labute approximate surface area is 155 Å². The van der Waals surface area contributed by atoms with E-state index in [0.717, 1.165) is 4.90 Å². The van der Waals surface area contributed by atoms with Gasteiger partial charge < -0.3 is 15.2 Å². The second-order valence-corrected chi connectivity index (χ2v) is 6.28. The Morgan fingerprint density at radius 3 is 2.85 bits per heavy atom. The Morgan fingerprint density at radius 1 is 1.31 bits per heavy atom. The number of rotatable bonds is 7. The first-order valence-corrected chi connectivity index (χ1v) is 8.50. The molecule has 26 heavy (non-hydrogen) atoms. The first-order chi connectivity index (χ1) is 12.5. The number of carbonyl (C=O) groups is 3. The molecule has 0 aliphatic carbocycles. The van der Waals surface area contributed by atoms with Gasteiger partial charge in [0.05, 0.1) is 19.3 Å². The molecule has 0 saturated carbocycles. The minimum Gasteiger partial charge on any atom is -0.354 e. The summed E-state index contributed by atoms with van der Waals surface area (Å²) in [6.07, 6.45) is 4.99. The predicted octanol–water partition coefficient (Wildman–Crippen LogP) is 1.16. The van der Waals surface area contributed by atoms with E-state index in [2.05, 4.69) is 15.6 Å². The van der Waals surface area contributed by atoms with Crippen LogP contribution in [0.25, 0.3) is 0 Å². The van der Waals surface area contributed by atoms with E-state index in [4.69, 9.17) is 11.6 Å². The lowest BCUT2D eigenvalue weighted by Gasteiger charge is -2.14. The Hall–Kier alpha value is -2.87. The van der Waals surface area contributed by atoms with Crippen LogP contribution in [0.5, 0.6) is 0 Å². The fourth-order valence-corrected chi connectivity index (χ4v) is 2.86. The highest BCUT2D eigenvalue weighted by Gasteiger charge is 2.39. The zero-order valence-corrected chi connectivity index (χ0v) is 14.6. The van der Waals surface area contributed by atoms with Crippen molar-refractivity contribution in [2.24, 2.45) is 0 Å². The van der Waals surface area contributed by atoms with Crippen molar-refractivity contribution < 1.29 is 14.4 Å². The lowest BCUT2D eigenvalue weighted by atomic mass is 10.1. The maximum Gasteiger partial charge on any atom is 0.325 e. The number of benzene rings is 1. The van der Waals surface area contributed by atoms with E-state index in [9.17, 15) is 14.4 Å². The summed E-state index contributed by atoms with van der Waals surface area (Å²) >= 11 is 6.08. The van der Waals surface area contributed by atoms with Crippen LogP contribution in [0.1, 0.15) is 12.0 Å². The summed E-state index contributed by atoms with van der Waals surface area (Å²) in [5, 5.41) is 5.75. The van der Waals surface area contributed by atoms with Crippen molar-refractivity contribution in [1.29, 1.82) is 0 Å². The molecule has 1 atom stereocenters. The van der Waals surface area contributed by atoms with Crippen LogP contribution in [-0.2, 0) is 22.7 Å². The Morgan fingerprint density at radius 2 is 2.12 bits per heavy atom. The van der Waals surface area contributed by atoms with Gasteiger partial charge in [0.2, 0.25) is 5.91 Å². The Kier molecular flexibility index (Phi) is 5.52. The van der Waals surface area contributed by atoms with E-state index in [1.165, 1.54) is 0 Å². The largest absolute Gasteiger partial charge is 0.354 e. The summed E-state index contributed by atoms with van der Waals surface area (Å²) in [6, 6.07) is 5.61. The van der Waals surface area contributed by atoms with Crippen LogP contribution < -0.4 is 10.6 Å². The highest BCUT2D eigenvalue weighted by Crippen LogP contribution is 2.20. The van der Waals surface area contributed by atoms with Crippen molar-refractivity contribution in [3.05, 3.63) is 53.6 Å². The third-order valence-corrected chi connectivity index (χ3v) is 4.40. The van der Waals surface area contributed by atoms with Gasteiger partial charge in [0.1, 0.15) is 6.04 Å². The van der Waals surface area contributed by atoms with Gasteiger partial charge >= 0.3 is 6.03 Å². The number of hydrogen-bond donors (Lipinski definition) is 2. The molecule has 1 aliphatic rings. The van der Waals surface area contributed by atoms with Gasteiger partial charge in [0.15, 0.2) is 0 Å². The highest BCUT2D eigenvalue weighted by molar-refractivity contribution is 6.31. The molecule has 0 unspecified atom stereocenters. The summed E-state index contributed by atoms with van der Waals surface area (Å²) < 4.78 is 1.83. The third-order valence-electron chi connectivity index (χ3n) is 4.03. The quantitative estimate of drug-likeness (QED) is 0.710. The number of hydrogen-bond acceptors (Lipinski definition) is 4. The van der Waals surface area contributed by atoms with Crippen LogP contribution in [0.2, 0.25) is 5.02 Å². The van der Waals surface area contributed by atoms with Crippen molar-refractivity contribution >= 4 is 29.4 Å². The maximum absolute atomic E-state index is 12.4. The molecule has 8 nitrogen and oxygen atoms in total. The fourth-order valence-electron chi connectivity index (χ4n) is 2.66. The van der Waals surface area contributed by atoms with Crippen LogP contribution in [0.4, 0.5) is 4.79 Å². The van der Waals surface area contributed by atoms with Crippen molar-refractivity contribution in [1.82, 2.24) is 25.1 Å². The lowest BCUT2D eigenvalue weighted by Crippen LogP contribution is -2.37. The molecule has 2 N–H and O–H groups in total. The molecule has 1 aromatic heterocycles. The van der Waals surface area contributed by atoms with Gasteiger partial charge in [-0.25, -0.2) is 9.78 Å². The zero-order chi connectivity index (χ0) is 18.5. The minimum absolute atomic E-state index is 0.0725. The predicted molar refractivity (Wildman–Crippen MR) is 94.2 cm³/mol. The number of amides is 4. The minimum atomic E-state index is -0.863. The molecular weight excluding hydrogens is 358 g/mol. The van der Waals surface area contributed by atoms with Gasteiger partial charge in [-0.3, -0.25) is 14.5 Å².